The van der Waals surface area contributed by atoms with Gasteiger partial charge in [0.05, 0.1) is 24.1 Å². The Morgan fingerprint density at radius 3 is 2.70 bits per heavy atom. The zero-order valence-electron chi connectivity index (χ0n) is 19.7. The van der Waals surface area contributed by atoms with Gasteiger partial charge in [-0.05, 0) is 60.0 Å². The number of carbonyl (C=O) groups is 3. The number of aryl methyl sites for hydroxylation is 1. The SMILES string of the molecule is Cc1ccc(NC(=O)c2cc(C(N)=O)cnn2)cc1-c1cc(OCCO)nc(-c2ccnc(C=O)c2)c1. The van der Waals surface area contributed by atoms with Gasteiger partial charge in [0.2, 0.25) is 11.8 Å². The lowest BCUT2D eigenvalue weighted by Gasteiger charge is -2.14. The van der Waals surface area contributed by atoms with Crippen molar-refractivity contribution in [1.29, 1.82) is 0 Å². The number of aldehydes is 1. The van der Waals surface area contributed by atoms with Gasteiger partial charge in [-0.15, -0.1) is 5.10 Å². The van der Waals surface area contributed by atoms with E-state index < -0.39 is 11.8 Å². The van der Waals surface area contributed by atoms with Crippen LogP contribution in [0.5, 0.6) is 5.88 Å². The number of hydrogen-bond acceptors (Lipinski definition) is 9. The number of amides is 2. The number of nitrogens with two attached hydrogens (primary N) is 1. The third kappa shape index (κ3) is 5.97. The number of nitrogens with zero attached hydrogens (tertiary/aromatic N) is 4. The van der Waals surface area contributed by atoms with Crippen LogP contribution in [-0.4, -0.2) is 56.6 Å². The fourth-order valence-electron chi connectivity index (χ4n) is 3.52. The lowest BCUT2D eigenvalue weighted by atomic mass is 9.98. The van der Waals surface area contributed by atoms with Crippen molar-refractivity contribution in [3.8, 4) is 28.3 Å². The van der Waals surface area contributed by atoms with Gasteiger partial charge in [-0.25, -0.2) is 4.98 Å². The molecule has 37 heavy (non-hydrogen) atoms. The van der Waals surface area contributed by atoms with Crippen LogP contribution in [0.2, 0.25) is 0 Å². The first kappa shape index (κ1) is 25.1. The summed E-state index contributed by atoms with van der Waals surface area (Å²) in [6.45, 7) is 1.77. The molecule has 0 atom stereocenters. The molecule has 0 aliphatic heterocycles. The van der Waals surface area contributed by atoms with Crippen molar-refractivity contribution in [2.75, 3.05) is 18.5 Å². The molecule has 0 saturated carbocycles. The van der Waals surface area contributed by atoms with Crippen LogP contribution in [0, 0.1) is 6.92 Å². The third-order valence-electron chi connectivity index (χ3n) is 5.32. The molecule has 0 bridgehead atoms. The highest BCUT2D eigenvalue weighted by atomic mass is 16.5. The monoisotopic (exact) mass is 498 g/mol. The summed E-state index contributed by atoms with van der Waals surface area (Å²) in [5.41, 5.74) is 9.59. The van der Waals surface area contributed by atoms with E-state index in [0.29, 0.717) is 23.2 Å². The fourth-order valence-corrected chi connectivity index (χ4v) is 3.52. The molecule has 186 valence electrons. The van der Waals surface area contributed by atoms with E-state index in [2.05, 4.69) is 25.5 Å². The maximum Gasteiger partial charge on any atom is 0.276 e. The van der Waals surface area contributed by atoms with Crippen molar-refractivity contribution in [2.24, 2.45) is 5.73 Å². The topological polar surface area (TPSA) is 170 Å². The Balaban J connectivity index is 1.71. The Labute approximate surface area is 211 Å². The summed E-state index contributed by atoms with van der Waals surface area (Å²) in [6.07, 6.45) is 3.34. The van der Waals surface area contributed by atoms with E-state index in [4.69, 9.17) is 10.5 Å². The molecule has 0 spiro atoms. The maximum absolute atomic E-state index is 12.7. The quantitative estimate of drug-likeness (QED) is 0.293. The number of carbonyl (C=O) groups excluding carboxylic acids is 3. The second kappa shape index (κ2) is 11.1. The number of ether oxygens (including phenoxy) is 1. The molecule has 2 amide bonds. The lowest BCUT2D eigenvalue weighted by molar-refractivity contribution is 0.0999. The minimum atomic E-state index is -0.719. The van der Waals surface area contributed by atoms with Gasteiger partial charge in [-0.2, -0.15) is 5.10 Å². The Morgan fingerprint density at radius 2 is 1.95 bits per heavy atom. The molecule has 0 aliphatic rings. The van der Waals surface area contributed by atoms with Gasteiger partial charge in [0.25, 0.3) is 5.91 Å². The first-order valence-electron chi connectivity index (χ1n) is 11.1. The lowest BCUT2D eigenvalue weighted by Crippen LogP contribution is -2.18. The number of pyridine rings is 2. The van der Waals surface area contributed by atoms with Gasteiger partial charge in [-0.1, -0.05) is 6.07 Å². The highest BCUT2D eigenvalue weighted by Gasteiger charge is 2.15. The summed E-state index contributed by atoms with van der Waals surface area (Å²) in [5.74, 6) is -1.01. The van der Waals surface area contributed by atoms with E-state index in [0.717, 1.165) is 16.7 Å². The predicted molar refractivity (Wildman–Crippen MR) is 134 cm³/mol. The number of primary amides is 1. The molecule has 3 aromatic heterocycles. The summed E-state index contributed by atoms with van der Waals surface area (Å²) in [4.78, 5) is 43.9. The summed E-state index contributed by atoms with van der Waals surface area (Å²) >= 11 is 0. The van der Waals surface area contributed by atoms with E-state index in [-0.39, 0.29) is 36.0 Å². The molecule has 4 N–H and O–H groups in total. The van der Waals surface area contributed by atoms with Crippen LogP contribution < -0.4 is 15.8 Å². The number of benzene rings is 1. The van der Waals surface area contributed by atoms with Crippen molar-refractivity contribution in [3.05, 3.63) is 83.4 Å². The van der Waals surface area contributed by atoms with Crippen LogP contribution in [0.3, 0.4) is 0 Å². The first-order chi connectivity index (χ1) is 17.9. The van der Waals surface area contributed by atoms with E-state index in [1.165, 1.54) is 18.5 Å². The van der Waals surface area contributed by atoms with E-state index in [9.17, 15) is 19.5 Å². The molecule has 4 aromatic rings. The van der Waals surface area contributed by atoms with Gasteiger partial charge in [0.15, 0.2) is 12.0 Å². The second-order valence-corrected chi connectivity index (χ2v) is 7.92. The smallest absolute Gasteiger partial charge is 0.276 e. The molecule has 0 saturated heterocycles. The summed E-state index contributed by atoms with van der Waals surface area (Å²) < 4.78 is 5.59. The zero-order chi connectivity index (χ0) is 26.4. The van der Waals surface area contributed by atoms with Crippen molar-refractivity contribution < 1.29 is 24.2 Å². The number of anilines is 1. The molecule has 0 radical (unpaired) electrons. The van der Waals surface area contributed by atoms with E-state index in [1.54, 1.807) is 30.3 Å². The summed E-state index contributed by atoms with van der Waals surface area (Å²) in [5, 5.41) is 19.4. The van der Waals surface area contributed by atoms with Gasteiger partial charge in [0.1, 0.15) is 12.3 Å². The standard InChI is InChI=1S/C26H22N6O5/c1-15-2-3-19(30-26(36)23-10-18(25(27)35)13-29-32-23)12-21(15)17-9-22(31-24(11-17)37-7-6-33)16-4-5-28-20(8-16)14-34/h2-5,8-14,33H,6-7H2,1H3,(H2,27,35)(H,30,36). The maximum atomic E-state index is 12.7. The summed E-state index contributed by atoms with van der Waals surface area (Å²) in [7, 11) is 0. The van der Waals surface area contributed by atoms with Crippen LogP contribution in [0.25, 0.3) is 22.4 Å². The van der Waals surface area contributed by atoms with Crippen molar-refractivity contribution >= 4 is 23.8 Å². The third-order valence-corrected chi connectivity index (χ3v) is 5.32. The molecular formula is C26H22N6O5. The Hall–Kier alpha value is -5.03. The average Bonchev–Trinajstić information content (AvgIpc) is 2.92. The molecule has 3 heterocycles. The molecule has 11 heteroatoms. The van der Waals surface area contributed by atoms with Gasteiger partial charge < -0.3 is 20.9 Å². The predicted octanol–water partition coefficient (Wildman–Crippen LogP) is 2.44. The molecule has 1 aromatic carbocycles. The molecular weight excluding hydrogens is 476 g/mol. The normalized spacial score (nSPS) is 10.5. The van der Waals surface area contributed by atoms with Crippen LogP contribution in [-0.2, 0) is 0 Å². The Morgan fingerprint density at radius 1 is 1.11 bits per heavy atom. The van der Waals surface area contributed by atoms with Crippen LogP contribution in [0.4, 0.5) is 5.69 Å². The summed E-state index contributed by atoms with van der Waals surface area (Å²) in [6, 6.07) is 13.5. The number of rotatable bonds is 9. The van der Waals surface area contributed by atoms with Gasteiger partial charge in [0, 0.05) is 23.5 Å². The van der Waals surface area contributed by atoms with E-state index in [1.807, 2.05) is 19.1 Å². The van der Waals surface area contributed by atoms with Crippen LogP contribution in [0.15, 0.2) is 60.9 Å². The van der Waals surface area contributed by atoms with Gasteiger partial charge >= 0.3 is 0 Å². The van der Waals surface area contributed by atoms with Crippen LogP contribution >= 0.6 is 0 Å². The highest BCUT2D eigenvalue weighted by Crippen LogP contribution is 2.32. The number of aliphatic hydroxyl groups is 1. The minimum absolute atomic E-state index is 0.0479. The van der Waals surface area contributed by atoms with Crippen molar-refractivity contribution in [1.82, 2.24) is 20.2 Å². The van der Waals surface area contributed by atoms with Crippen LogP contribution in [0.1, 0.15) is 36.9 Å². The van der Waals surface area contributed by atoms with E-state index >= 15 is 0 Å². The molecule has 11 nitrogen and oxygen atoms in total. The minimum Gasteiger partial charge on any atom is -0.475 e. The molecule has 0 unspecified atom stereocenters. The second-order valence-electron chi connectivity index (χ2n) is 7.92. The number of nitrogens with one attached hydrogen (secondary N) is 1. The molecule has 4 rings (SSSR count). The van der Waals surface area contributed by atoms with Gasteiger partial charge in [-0.3, -0.25) is 19.4 Å². The van der Waals surface area contributed by atoms with Crippen molar-refractivity contribution in [3.63, 3.8) is 0 Å². The fraction of sp³-hybridized carbons (Fsp3) is 0.115. The largest absolute Gasteiger partial charge is 0.475 e. The highest BCUT2D eigenvalue weighted by molar-refractivity contribution is 6.04. The average molecular weight is 498 g/mol. The van der Waals surface area contributed by atoms with Crippen molar-refractivity contribution in [2.45, 2.75) is 6.92 Å². The number of aliphatic hydroxyl groups excluding tert-OH is 1. The Kier molecular flexibility index (Phi) is 7.55. The number of aromatic nitrogens is 4. The first-order valence-corrected chi connectivity index (χ1v) is 11.1. The zero-order valence-corrected chi connectivity index (χ0v) is 19.7. The Bertz CT molecular complexity index is 1490. The molecule has 0 aliphatic carbocycles. The molecule has 0 fully saturated rings. The number of hydrogen-bond donors (Lipinski definition) is 3.